The van der Waals surface area contributed by atoms with Crippen molar-refractivity contribution in [1.82, 2.24) is 10.2 Å². The van der Waals surface area contributed by atoms with Crippen LogP contribution < -0.4 is 5.32 Å². The number of hydrogen-bond donors (Lipinski definition) is 1. The number of hydrogen-bond acceptors (Lipinski definition) is 2. The number of piperidine rings is 1. The molecule has 1 aromatic rings. The lowest BCUT2D eigenvalue weighted by atomic mass is 10.0. The molecule has 1 saturated heterocycles. The molecule has 1 aliphatic heterocycles. The lowest BCUT2D eigenvalue weighted by Crippen LogP contribution is -2.48. The Kier molecular flexibility index (Phi) is 5.48. The number of nitrogens with one attached hydrogen (secondary N) is 1. The smallest absolute Gasteiger partial charge is 0.251 e. The molecule has 0 aromatic heterocycles. The van der Waals surface area contributed by atoms with E-state index < -0.39 is 5.38 Å². The average molecular weight is 329 g/mol. The van der Waals surface area contributed by atoms with Gasteiger partial charge in [-0.25, -0.2) is 0 Å². The van der Waals surface area contributed by atoms with Gasteiger partial charge in [-0.15, -0.1) is 11.6 Å². The van der Waals surface area contributed by atoms with Gasteiger partial charge in [0.15, 0.2) is 0 Å². The summed E-state index contributed by atoms with van der Waals surface area (Å²) < 4.78 is 0. The van der Waals surface area contributed by atoms with Gasteiger partial charge >= 0.3 is 0 Å². The van der Waals surface area contributed by atoms with Crippen LogP contribution >= 0.6 is 23.2 Å². The Morgan fingerprint density at radius 3 is 2.57 bits per heavy atom. The zero-order chi connectivity index (χ0) is 15.4. The van der Waals surface area contributed by atoms with Crippen molar-refractivity contribution in [2.24, 2.45) is 0 Å². The average Bonchev–Trinajstić information content (AvgIpc) is 2.47. The summed E-state index contributed by atoms with van der Waals surface area (Å²) in [6.45, 7) is 2.92. The number of benzene rings is 1. The molecule has 1 fully saturated rings. The van der Waals surface area contributed by atoms with Crippen LogP contribution in [0.4, 0.5) is 0 Å². The fourth-order valence-corrected chi connectivity index (χ4v) is 2.72. The molecular weight excluding hydrogens is 311 g/mol. The maximum absolute atomic E-state index is 12.1. The van der Waals surface area contributed by atoms with Gasteiger partial charge in [0.1, 0.15) is 5.38 Å². The summed E-state index contributed by atoms with van der Waals surface area (Å²) in [7, 11) is 0. The summed E-state index contributed by atoms with van der Waals surface area (Å²) in [4.78, 5) is 25.6. The highest BCUT2D eigenvalue weighted by molar-refractivity contribution is 6.31. The molecule has 0 aliphatic carbocycles. The molecule has 0 radical (unpaired) electrons. The number of carbonyl (C=O) groups is 2. The van der Waals surface area contributed by atoms with Crippen molar-refractivity contribution in [3.05, 3.63) is 34.9 Å². The first-order valence-corrected chi connectivity index (χ1v) is 7.78. The Hall–Kier alpha value is -1.26. The second-order valence-electron chi connectivity index (χ2n) is 5.20. The number of likely N-dealkylation sites (tertiary alicyclic amines) is 1. The highest BCUT2D eigenvalue weighted by atomic mass is 35.5. The van der Waals surface area contributed by atoms with Crippen LogP contribution in [0.15, 0.2) is 24.3 Å². The van der Waals surface area contributed by atoms with E-state index in [0.29, 0.717) is 23.7 Å². The monoisotopic (exact) mass is 328 g/mol. The van der Waals surface area contributed by atoms with Crippen molar-refractivity contribution >= 4 is 35.0 Å². The molecule has 2 rings (SSSR count). The molecule has 6 heteroatoms. The first-order chi connectivity index (χ1) is 9.97. The third-order valence-electron chi connectivity index (χ3n) is 3.57. The van der Waals surface area contributed by atoms with E-state index >= 15 is 0 Å². The Morgan fingerprint density at radius 2 is 2.00 bits per heavy atom. The maximum atomic E-state index is 12.1. The van der Waals surface area contributed by atoms with Crippen LogP contribution in [0.3, 0.4) is 0 Å². The van der Waals surface area contributed by atoms with Gasteiger partial charge in [0.25, 0.3) is 5.91 Å². The normalized spacial score (nSPS) is 17.4. The largest absolute Gasteiger partial charge is 0.349 e. The van der Waals surface area contributed by atoms with Gasteiger partial charge in [-0.1, -0.05) is 17.7 Å². The summed E-state index contributed by atoms with van der Waals surface area (Å²) in [5, 5.41) is 3.03. The van der Waals surface area contributed by atoms with Crippen LogP contribution in [0, 0.1) is 0 Å². The summed E-state index contributed by atoms with van der Waals surface area (Å²) in [5.41, 5.74) is 0.551. The van der Waals surface area contributed by atoms with Gasteiger partial charge in [-0.2, -0.15) is 0 Å². The molecule has 0 saturated carbocycles. The lowest BCUT2D eigenvalue weighted by molar-refractivity contribution is -0.131. The Balaban J connectivity index is 1.86. The molecule has 2 amide bonds. The second-order valence-corrected chi connectivity index (χ2v) is 6.29. The van der Waals surface area contributed by atoms with E-state index in [-0.39, 0.29) is 17.9 Å². The molecule has 21 heavy (non-hydrogen) atoms. The predicted octanol–water partition coefficient (Wildman–Crippen LogP) is 2.69. The molecule has 114 valence electrons. The van der Waals surface area contributed by atoms with E-state index in [0.717, 1.165) is 12.8 Å². The molecule has 0 bridgehead atoms. The van der Waals surface area contributed by atoms with Crippen LogP contribution in [-0.4, -0.2) is 41.2 Å². The van der Waals surface area contributed by atoms with Crippen molar-refractivity contribution in [3.63, 3.8) is 0 Å². The van der Waals surface area contributed by atoms with E-state index in [4.69, 9.17) is 23.2 Å². The minimum absolute atomic E-state index is 0.0451. The zero-order valence-corrected chi connectivity index (χ0v) is 13.3. The van der Waals surface area contributed by atoms with Crippen LogP contribution in [0.2, 0.25) is 5.02 Å². The third-order valence-corrected chi connectivity index (χ3v) is 3.99. The minimum Gasteiger partial charge on any atom is -0.349 e. The van der Waals surface area contributed by atoms with Crippen molar-refractivity contribution in [2.45, 2.75) is 31.2 Å². The van der Waals surface area contributed by atoms with Crippen molar-refractivity contribution in [1.29, 1.82) is 0 Å². The number of nitrogens with zero attached hydrogens (tertiary/aromatic N) is 1. The minimum atomic E-state index is -0.498. The van der Waals surface area contributed by atoms with Crippen molar-refractivity contribution in [3.8, 4) is 0 Å². The van der Waals surface area contributed by atoms with E-state index in [9.17, 15) is 9.59 Å². The third kappa shape index (κ3) is 4.35. The molecule has 1 unspecified atom stereocenters. The summed E-state index contributed by atoms with van der Waals surface area (Å²) in [6, 6.07) is 6.93. The maximum Gasteiger partial charge on any atom is 0.251 e. The molecule has 4 nitrogen and oxygen atoms in total. The Labute approximate surface area is 134 Å². The fourth-order valence-electron chi connectivity index (χ4n) is 2.39. The second kappa shape index (κ2) is 7.14. The standard InChI is InChI=1S/C15H18Cl2N2O2/c1-10(16)15(21)19-7-5-13(6-8-19)18-14(20)11-3-2-4-12(17)9-11/h2-4,9-10,13H,5-8H2,1H3,(H,18,20). The van der Waals surface area contributed by atoms with Gasteiger partial charge in [0, 0.05) is 29.7 Å². The Morgan fingerprint density at radius 1 is 1.33 bits per heavy atom. The molecule has 1 aliphatic rings. The molecule has 1 N–H and O–H groups in total. The number of alkyl halides is 1. The zero-order valence-electron chi connectivity index (χ0n) is 11.8. The van der Waals surface area contributed by atoms with E-state index in [1.54, 1.807) is 36.1 Å². The van der Waals surface area contributed by atoms with Crippen LogP contribution in [0.1, 0.15) is 30.1 Å². The Bertz CT molecular complexity index is 526. The van der Waals surface area contributed by atoms with Gasteiger partial charge in [-0.3, -0.25) is 9.59 Å². The van der Waals surface area contributed by atoms with Gasteiger partial charge < -0.3 is 10.2 Å². The van der Waals surface area contributed by atoms with Crippen molar-refractivity contribution in [2.75, 3.05) is 13.1 Å². The number of halogens is 2. The fraction of sp³-hybridized carbons (Fsp3) is 0.467. The van der Waals surface area contributed by atoms with Gasteiger partial charge in [-0.05, 0) is 38.0 Å². The highest BCUT2D eigenvalue weighted by Gasteiger charge is 2.26. The predicted molar refractivity (Wildman–Crippen MR) is 83.8 cm³/mol. The van der Waals surface area contributed by atoms with Gasteiger partial charge in [0.05, 0.1) is 0 Å². The number of amides is 2. The van der Waals surface area contributed by atoms with E-state index in [2.05, 4.69) is 5.32 Å². The van der Waals surface area contributed by atoms with Crippen LogP contribution in [0.5, 0.6) is 0 Å². The SMILES string of the molecule is CC(Cl)C(=O)N1CCC(NC(=O)c2cccc(Cl)c2)CC1. The highest BCUT2D eigenvalue weighted by Crippen LogP contribution is 2.15. The first kappa shape index (κ1) is 16.1. The lowest BCUT2D eigenvalue weighted by Gasteiger charge is -2.33. The summed E-state index contributed by atoms with van der Waals surface area (Å²) >= 11 is 11.7. The molecule has 1 atom stereocenters. The summed E-state index contributed by atoms with van der Waals surface area (Å²) in [5.74, 6) is -0.177. The van der Waals surface area contributed by atoms with E-state index in [1.165, 1.54) is 0 Å². The van der Waals surface area contributed by atoms with Crippen molar-refractivity contribution < 1.29 is 9.59 Å². The molecular formula is C15H18Cl2N2O2. The van der Waals surface area contributed by atoms with Crippen LogP contribution in [0.25, 0.3) is 0 Å². The number of carbonyl (C=O) groups excluding carboxylic acids is 2. The van der Waals surface area contributed by atoms with Crippen LogP contribution in [-0.2, 0) is 4.79 Å². The topological polar surface area (TPSA) is 49.4 Å². The molecule has 1 aromatic carbocycles. The quantitative estimate of drug-likeness (QED) is 0.867. The summed E-state index contributed by atoms with van der Waals surface area (Å²) in [6.07, 6.45) is 1.48. The number of rotatable bonds is 3. The molecule has 0 spiro atoms. The molecule has 1 heterocycles. The van der Waals surface area contributed by atoms with E-state index in [1.807, 2.05) is 0 Å². The first-order valence-electron chi connectivity index (χ1n) is 6.96. The van der Waals surface area contributed by atoms with Gasteiger partial charge in [0.2, 0.25) is 5.91 Å².